The molecule has 0 spiro atoms. The van der Waals surface area contributed by atoms with Gasteiger partial charge in [0.25, 0.3) is 0 Å². The molecule has 0 heterocycles. The Hall–Kier alpha value is -1.22. The van der Waals surface area contributed by atoms with E-state index in [4.69, 9.17) is 5.11 Å². The molecular weight excluding hydrogens is 305 g/mol. The lowest BCUT2D eigenvalue weighted by Crippen LogP contribution is -2.09. The van der Waals surface area contributed by atoms with Gasteiger partial charge in [-0.1, -0.05) is 12.0 Å². The maximum atomic E-state index is 10.5. The first-order chi connectivity index (χ1) is 7.06. The van der Waals surface area contributed by atoms with E-state index in [1.165, 1.54) is 0 Å². The van der Waals surface area contributed by atoms with Crippen molar-refractivity contribution in [2.45, 2.75) is 13.8 Å². The number of hydrogen-bond acceptors (Lipinski definition) is 1. The molecule has 0 aliphatic rings. The van der Waals surface area contributed by atoms with Crippen molar-refractivity contribution in [3.05, 3.63) is 26.8 Å². The van der Waals surface area contributed by atoms with Crippen molar-refractivity contribution in [1.29, 1.82) is 0 Å². The van der Waals surface area contributed by atoms with Gasteiger partial charge in [0, 0.05) is 5.56 Å². The van der Waals surface area contributed by atoms with E-state index in [1.54, 1.807) is 13.0 Å². The van der Waals surface area contributed by atoms with Crippen LogP contribution in [0, 0.1) is 22.3 Å². The summed E-state index contributed by atoms with van der Waals surface area (Å²) in [6, 6.07) is 3.60. The average Bonchev–Trinajstić information content (AvgIpc) is 2.16. The molecule has 0 aliphatic heterocycles. The third-order valence-electron chi connectivity index (χ3n) is 1.84. The van der Waals surface area contributed by atoms with Crippen LogP contribution in [0.15, 0.2) is 12.1 Å². The lowest BCUT2D eigenvalue weighted by atomic mass is 10.1. The number of rotatable bonds is 1. The number of benzene rings is 1. The molecule has 1 aromatic carbocycles. The maximum absolute atomic E-state index is 10.5. The van der Waals surface area contributed by atoms with Gasteiger partial charge in [0.1, 0.15) is 0 Å². The summed E-state index contributed by atoms with van der Waals surface area (Å²) in [7, 11) is 0. The molecule has 1 rings (SSSR count). The van der Waals surface area contributed by atoms with Crippen molar-refractivity contribution in [2.75, 3.05) is 5.32 Å². The van der Waals surface area contributed by atoms with Gasteiger partial charge in [0.15, 0.2) is 0 Å². The lowest BCUT2D eigenvalue weighted by molar-refractivity contribution is 0.209. The van der Waals surface area contributed by atoms with Crippen molar-refractivity contribution in [2.24, 2.45) is 0 Å². The summed E-state index contributed by atoms with van der Waals surface area (Å²) in [6.45, 7) is 3.71. The predicted octanol–water partition coefficient (Wildman–Crippen LogP) is 3.06. The topological polar surface area (TPSA) is 49.3 Å². The molecule has 2 N–H and O–H groups in total. The predicted molar refractivity (Wildman–Crippen MR) is 68.1 cm³/mol. The van der Waals surface area contributed by atoms with Crippen molar-refractivity contribution >= 4 is 34.4 Å². The molecule has 78 valence electrons. The second kappa shape index (κ2) is 5.03. The first-order valence-electron chi connectivity index (χ1n) is 4.28. The summed E-state index contributed by atoms with van der Waals surface area (Å²) in [5.74, 6) is 5.78. The van der Waals surface area contributed by atoms with E-state index in [-0.39, 0.29) is 0 Å². The standard InChI is InChI=1S/C11H10INO2/c1-3-4-8-7(2)5-6-9(10(8)12)13-11(14)15/h5-6,13H,1-2H3,(H,14,15). The third-order valence-corrected chi connectivity index (χ3v) is 2.96. The highest BCUT2D eigenvalue weighted by atomic mass is 127. The highest BCUT2D eigenvalue weighted by Gasteiger charge is 2.08. The summed E-state index contributed by atoms with van der Waals surface area (Å²) >= 11 is 2.09. The molecule has 0 bridgehead atoms. The minimum Gasteiger partial charge on any atom is -0.465 e. The van der Waals surface area contributed by atoms with Crippen LogP contribution in [0.5, 0.6) is 0 Å². The summed E-state index contributed by atoms with van der Waals surface area (Å²) < 4.78 is 0.837. The molecule has 15 heavy (non-hydrogen) atoms. The van der Waals surface area contributed by atoms with Gasteiger partial charge in [-0.05, 0) is 48.1 Å². The number of nitrogens with one attached hydrogen (secondary N) is 1. The zero-order chi connectivity index (χ0) is 11.4. The molecule has 1 amide bonds. The SMILES string of the molecule is CC#Cc1c(C)ccc(NC(=O)O)c1I. The molecule has 0 fully saturated rings. The van der Waals surface area contributed by atoms with Gasteiger partial charge in [-0.15, -0.1) is 5.92 Å². The first-order valence-corrected chi connectivity index (χ1v) is 5.36. The number of halogens is 1. The molecular formula is C11H10INO2. The summed E-state index contributed by atoms with van der Waals surface area (Å²) in [5.41, 5.74) is 2.50. The fourth-order valence-electron chi connectivity index (χ4n) is 1.16. The van der Waals surface area contributed by atoms with Crippen LogP contribution in [0.25, 0.3) is 0 Å². The van der Waals surface area contributed by atoms with E-state index >= 15 is 0 Å². The largest absolute Gasteiger partial charge is 0.465 e. The number of aryl methyl sites for hydroxylation is 1. The number of carbonyl (C=O) groups is 1. The lowest BCUT2D eigenvalue weighted by Gasteiger charge is -2.08. The quantitative estimate of drug-likeness (QED) is 0.618. The third kappa shape index (κ3) is 2.86. The van der Waals surface area contributed by atoms with Gasteiger partial charge in [-0.2, -0.15) is 0 Å². The molecule has 0 aromatic heterocycles. The smallest absolute Gasteiger partial charge is 0.409 e. The van der Waals surface area contributed by atoms with Crippen LogP contribution in [0.3, 0.4) is 0 Å². The Labute approximate surface area is 102 Å². The highest BCUT2D eigenvalue weighted by molar-refractivity contribution is 14.1. The zero-order valence-electron chi connectivity index (χ0n) is 8.39. The number of anilines is 1. The van der Waals surface area contributed by atoms with Crippen LogP contribution >= 0.6 is 22.6 Å². The molecule has 0 saturated carbocycles. The Bertz CT molecular complexity index is 458. The monoisotopic (exact) mass is 315 g/mol. The minimum absolute atomic E-state index is 0.575. The van der Waals surface area contributed by atoms with Crippen LogP contribution in [-0.2, 0) is 0 Å². The van der Waals surface area contributed by atoms with Gasteiger partial charge in [-0.25, -0.2) is 4.79 Å². The van der Waals surface area contributed by atoms with Crippen LogP contribution in [-0.4, -0.2) is 11.2 Å². The first kappa shape index (κ1) is 11.9. The number of carboxylic acid groups (broad SMARTS) is 1. The van der Waals surface area contributed by atoms with E-state index < -0.39 is 6.09 Å². The number of hydrogen-bond donors (Lipinski definition) is 2. The minimum atomic E-state index is -1.06. The Kier molecular flexibility index (Phi) is 3.97. The average molecular weight is 315 g/mol. The molecule has 0 aliphatic carbocycles. The second-order valence-electron chi connectivity index (χ2n) is 2.92. The van der Waals surface area contributed by atoms with E-state index in [1.807, 2.05) is 13.0 Å². The van der Waals surface area contributed by atoms with Gasteiger partial charge in [0.05, 0.1) is 9.26 Å². The van der Waals surface area contributed by atoms with E-state index in [9.17, 15) is 4.79 Å². The van der Waals surface area contributed by atoms with Crippen molar-refractivity contribution in [1.82, 2.24) is 0 Å². The Morgan fingerprint density at radius 1 is 1.53 bits per heavy atom. The number of amides is 1. The summed E-state index contributed by atoms with van der Waals surface area (Å²) in [4.78, 5) is 10.5. The van der Waals surface area contributed by atoms with Crippen molar-refractivity contribution in [3.8, 4) is 11.8 Å². The van der Waals surface area contributed by atoms with Gasteiger partial charge in [-0.3, -0.25) is 5.32 Å². The fraction of sp³-hybridized carbons (Fsp3) is 0.182. The van der Waals surface area contributed by atoms with Crippen molar-refractivity contribution < 1.29 is 9.90 Å². The van der Waals surface area contributed by atoms with Crippen LogP contribution in [0.2, 0.25) is 0 Å². The van der Waals surface area contributed by atoms with Gasteiger partial charge < -0.3 is 5.11 Å². The molecule has 1 aromatic rings. The van der Waals surface area contributed by atoms with E-state index in [0.717, 1.165) is 14.7 Å². The van der Waals surface area contributed by atoms with E-state index in [0.29, 0.717) is 5.69 Å². The van der Waals surface area contributed by atoms with Crippen molar-refractivity contribution in [3.63, 3.8) is 0 Å². The van der Waals surface area contributed by atoms with Gasteiger partial charge in [0.2, 0.25) is 0 Å². The zero-order valence-corrected chi connectivity index (χ0v) is 10.5. The summed E-state index contributed by atoms with van der Waals surface area (Å²) in [6.07, 6.45) is -1.06. The maximum Gasteiger partial charge on any atom is 0.409 e. The van der Waals surface area contributed by atoms with Crippen LogP contribution in [0.1, 0.15) is 18.1 Å². The Balaban J connectivity index is 3.26. The molecule has 3 nitrogen and oxygen atoms in total. The highest BCUT2D eigenvalue weighted by Crippen LogP contribution is 2.24. The molecule has 0 saturated heterocycles. The van der Waals surface area contributed by atoms with E-state index in [2.05, 4.69) is 39.7 Å². The molecule has 4 heteroatoms. The molecule has 0 unspecified atom stereocenters. The van der Waals surface area contributed by atoms with Crippen LogP contribution < -0.4 is 5.32 Å². The van der Waals surface area contributed by atoms with Crippen LogP contribution in [0.4, 0.5) is 10.5 Å². The Morgan fingerprint density at radius 2 is 2.20 bits per heavy atom. The fourth-order valence-corrected chi connectivity index (χ4v) is 2.04. The second-order valence-corrected chi connectivity index (χ2v) is 4.00. The summed E-state index contributed by atoms with van der Waals surface area (Å²) in [5, 5.41) is 11.0. The van der Waals surface area contributed by atoms with Gasteiger partial charge >= 0.3 is 6.09 Å². The molecule has 0 atom stereocenters. The Morgan fingerprint density at radius 3 is 2.73 bits per heavy atom. The molecule has 0 radical (unpaired) electrons. The normalized spacial score (nSPS) is 9.00.